The molecule has 0 fully saturated rings. The van der Waals surface area contributed by atoms with Crippen LogP contribution in [0, 0.1) is 0 Å². The van der Waals surface area contributed by atoms with E-state index >= 15 is 0 Å². The largest absolute Gasteiger partial charge is 0.266 e. The summed E-state index contributed by atoms with van der Waals surface area (Å²) < 4.78 is 1.84. The fourth-order valence-corrected chi connectivity index (χ4v) is 1.31. The Labute approximate surface area is 71.4 Å². The van der Waals surface area contributed by atoms with Crippen molar-refractivity contribution in [1.82, 2.24) is 9.78 Å². The van der Waals surface area contributed by atoms with Gasteiger partial charge in [0, 0.05) is 19.5 Å². The predicted molar refractivity (Wildman–Crippen MR) is 48.9 cm³/mol. The maximum atomic E-state index is 4.31. The Kier molecular flexibility index (Phi) is 1.78. The molecule has 2 rings (SSSR count). The number of aromatic nitrogens is 2. The van der Waals surface area contributed by atoms with Crippen LogP contribution in [-0.2, 0) is 7.05 Å². The first-order valence-corrected chi connectivity index (χ1v) is 4.09. The second kappa shape index (κ2) is 2.93. The van der Waals surface area contributed by atoms with Gasteiger partial charge in [-0.2, -0.15) is 5.10 Å². The number of allylic oxidation sites excluding steroid dienone is 1. The van der Waals surface area contributed by atoms with Crippen LogP contribution in [0.5, 0.6) is 0 Å². The van der Waals surface area contributed by atoms with Crippen molar-refractivity contribution in [2.75, 3.05) is 0 Å². The van der Waals surface area contributed by atoms with Crippen LogP contribution in [-0.4, -0.2) is 16.0 Å². The Morgan fingerprint density at radius 3 is 2.92 bits per heavy atom. The highest BCUT2D eigenvalue weighted by molar-refractivity contribution is 5.74. The van der Waals surface area contributed by atoms with Crippen LogP contribution in [0.2, 0.25) is 0 Å². The smallest absolute Gasteiger partial charge is 0.0859 e. The highest BCUT2D eigenvalue weighted by Crippen LogP contribution is 2.18. The molecule has 0 aliphatic carbocycles. The van der Waals surface area contributed by atoms with Crippen molar-refractivity contribution < 1.29 is 0 Å². The molecule has 0 saturated carbocycles. The van der Waals surface area contributed by atoms with Gasteiger partial charge >= 0.3 is 0 Å². The molecule has 0 radical (unpaired) electrons. The zero-order chi connectivity index (χ0) is 8.39. The van der Waals surface area contributed by atoms with E-state index in [0.29, 0.717) is 0 Å². The van der Waals surface area contributed by atoms with E-state index in [1.165, 1.54) is 0 Å². The minimum absolute atomic E-state index is 1.04. The molecule has 0 spiro atoms. The molecule has 1 aliphatic rings. The summed E-state index contributed by atoms with van der Waals surface area (Å²) in [5.74, 6) is 0. The van der Waals surface area contributed by atoms with Crippen molar-refractivity contribution in [3.63, 3.8) is 0 Å². The molecular formula is C9H11N3. The summed E-state index contributed by atoms with van der Waals surface area (Å²) in [5, 5.41) is 4.09. The summed E-state index contributed by atoms with van der Waals surface area (Å²) in [5.41, 5.74) is 2.13. The maximum absolute atomic E-state index is 4.31. The van der Waals surface area contributed by atoms with Crippen LogP contribution >= 0.6 is 0 Å². The Hall–Kier alpha value is -1.38. The monoisotopic (exact) mass is 161 g/mol. The first-order chi connectivity index (χ1) is 5.88. The SMILES string of the molecule is Cn1nccc1C1=CCCC=N1. The molecule has 0 unspecified atom stereocenters. The van der Waals surface area contributed by atoms with E-state index in [4.69, 9.17) is 0 Å². The Morgan fingerprint density at radius 2 is 2.33 bits per heavy atom. The normalized spacial score (nSPS) is 16.2. The van der Waals surface area contributed by atoms with Crippen molar-refractivity contribution in [3.8, 4) is 0 Å². The number of hydrogen-bond donors (Lipinski definition) is 0. The summed E-state index contributed by atoms with van der Waals surface area (Å²) in [6.45, 7) is 0. The van der Waals surface area contributed by atoms with Crippen LogP contribution in [0.15, 0.2) is 23.3 Å². The summed E-state index contributed by atoms with van der Waals surface area (Å²) >= 11 is 0. The molecule has 2 heterocycles. The molecule has 1 aliphatic heterocycles. The molecular weight excluding hydrogens is 150 g/mol. The summed E-state index contributed by atoms with van der Waals surface area (Å²) in [6, 6.07) is 1.98. The standard InChI is InChI=1S/C9H11N3/c1-12-9(5-7-11-12)8-4-2-3-6-10-8/h4-7H,2-3H2,1H3. The second-order valence-electron chi connectivity index (χ2n) is 2.82. The maximum Gasteiger partial charge on any atom is 0.0859 e. The first kappa shape index (κ1) is 7.28. The quantitative estimate of drug-likeness (QED) is 0.615. The van der Waals surface area contributed by atoms with Gasteiger partial charge in [-0.1, -0.05) is 6.08 Å². The van der Waals surface area contributed by atoms with Gasteiger partial charge in [0.05, 0.1) is 11.4 Å². The Bertz CT molecular complexity index is 333. The van der Waals surface area contributed by atoms with Gasteiger partial charge in [-0.05, 0) is 18.9 Å². The highest BCUT2D eigenvalue weighted by atomic mass is 15.3. The lowest BCUT2D eigenvalue weighted by molar-refractivity contribution is 0.754. The van der Waals surface area contributed by atoms with Crippen molar-refractivity contribution in [2.24, 2.45) is 12.0 Å². The third-order valence-corrected chi connectivity index (χ3v) is 1.95. The summed E-state index contributed by atoms with van der Waals surface area (Å²) in [7, 11) is 1.93. The average molecular weight is 161 g/mol. The zero-order valence-corrected chi connectivity index (χ0v) is 7.07. The van der Waals surface area contributed by atoms with E-state index in [-0.39, 0.29) is 0 Å². The van der Waals surface area contributed by atoms with Gasteiger partial charge in [-0.15, -0.1) is 0 Å². The first-order valence-electron chi connectivity index (χ1n) is 4.09. The van der Waals surface area contributed by atoms with Crippen molar-refractivity contribution >= 4 is 11.9 Å². The number of rotatable bonds is 1. The molecule has 62 valence electrons. The van der Waals surface area contributed by atoms with Crippen LogP contribution in [0.4, 0.5) is 0 Å². The number of aryl methyl sites for hydroxylation is 1. The van der Waals surface area contributed by atoms with E-state index in [2.05, 4.69) is 16.2 Å². The lowest BCUT2D eigenvalue weighted by atomic mass is 10.2. The van der Waals surface area contributed by atoms with E-state index in [1.807, 2.05) is 24.0 Å². The molecule has 0 saturated heterocycles. The average Bonchev–Trinajstić information content (AvgIpc) is 2.53. The van der Waals surface area contributed by atoms with Gasteiger partial charge in [0.25, 0.3) is 0 Å². The third kappa shape index (κ3) is 1.18. The minimum Gasteiger partial charge on any atom is -0.266 e. The van der Waals surface area contributed by atoms with Crippen LogP contribution < -0.4 is 0 Å². The molecule has 3 nitrogen and oxygen atoms in total. The molecule has 3 heteroatoms. The van der Waals surface area contributed by atoms with E-state index < -0.39 is 0 Å². The van der Waals surface area contributed by atoms with Gasteiger partial charge in [0.2, 0.25) is 0 Å². The third-order valence-electron chi connectivity index (χ3n) is 1.95. The van der Waals surface area contributed by atoms with Crippen LogP contribution in [0.25, 0.3) is 5.70 Å². The lowest BCUT2D eigenvalue weighted by Gasteiger charge is -2.05. The molecule has 1 aromatic heterocycles. The van der Waals surface area contributed by atoms with Crippen molar-refractivity contribution in [2.45, 2.75) is 12.8 Å². The van der Waals surface area contributed by atoms with Crippen LogP contribution in [0.1, 0.15) is 18.5 Å². The minimum atomic E-state index is 1.04. The molecule has 0 N–H and O–H groups in total. The fourth-order valence-electron chi connectivity index (χ4n) is 1.31. The van der Waals surface area contributed by atoms with Gasteiger partial charge in [0.15, 0.2) is 0 Å². The van der Waals surface area contributed by atoms with E-state index in [9.17, 15) is 0 Å². The van der Waals surface area contributed by atoms with Gasteiger partial charge in [-0.3, -0.25) is 9.67 Å². The number of aliphatic imine (C=N–C) groups is 1. The van der Waals surface area contributed by atoms with Gasteiger partial charge in [0.1, 0.15) is 0 Å². The highest BCUT2D eigenvalue weighted by Gasteiger charge is 2.05. The van der Waals surface area contributed by atoms with Crippen molar-refractivity contribution in [3.05, 3.63) is 24.0 Å². The Balaban J connectivity index is 2.36. The molecule has 1 aromatic rings. The van der Waals surface area contributed by atoms with E-state index in [0.717, 1.165) is 24.2 Å². The topological polar surface area (TPSA) is 30.2 Å². The summed E-state index contributed by atoms with van der Waals surface area (Å²) in [6.07, 6.45) is 8.05. The second-order valence-corrected chi connectivity index (χ2v) is 2.82. The molecule has 0 amide bonds. The fraction of sp³-hybridized carbons (Fsp3) is 0.333. The zero-order valence-electron chi connectivity index (χ0n) is 7.07. The Morgan fingerprint density at radius 1 is 1.42 bits per heavy atom. The lowest BCUT2D eigenvalue weighted by Crippen LogP contribution is -1.98. The van der Waals surface area contributed by atoms with Gasteiger partial charge in [-0.25, -0.2) is 0 Å². The van der Waals surface area contributed by atoms with Gasteiger partial charge < -0.3 is 0 Å². The molecule has 0 atom stereocenters. The number of nitrogens with zero attached hydrogens (tertiary/aromatic N) is 3. The number of hydrogen-bond acceptors (Lipinski definition) is 2. The van der Waals surface area contributed by atoms with Crippen LogP contribution in [0.3, 0.4) is 0 Å². The molecule has 12 heavy (non-hydrogen) atoms. The van der Waals surface area contributed by atoms with E-state index in [1.54, 1.807) is 6.20 Å². The predicted octanol–water partition coefficient (Wildman–Crippen LogP) is 1.63. The summed E-state index contributed by atoms with van der Waals surface area (Å²) in [4.78, 5) is 4.31. The molecule has 0 aromatic carbocycles. The molecule has 0 bridgehead atoms. The van der Waals surface area contributed by atoms with Crippen molar-refractivity contribution in [1.29, 1.82) is 0 Å².